The molecule has 0 saturated carbocycles. The monoisotopic (exact) mass is 302 g/mol. The van der Waals surface area contributed by atoms with Crippen molar-refractivity contribution in [2.75, 3.05) is 12.4 Å². The van der Waals surface area contributed by atoms with Gasteiger partial charge in [-0.1, -0.05) is 37.6 Å². The molecule has 0 spiro atoms. The third kappa shape index (κ3) is 4.38. The van der Waals surface area contributed by atoms with Gasteiger partial charge in [-0.2, -0.15) is 0 Å². The molecule has 0 radical (unpaired) electrons. The number of halogens is 1. The van der Waals surface area contributed by atoms with E-state index in [-0.39, 0.29) is 0 Å². The van der Waals surface area contributed by atoms with Gasteiger partial charge < -0.3 is 9.84 Å². The fourth-order valence-electron chi connectivity index (χ4n) is 2.19. The molecule has 0 bridgehead atoms. The van der Waals surface area contributed by atoms with E-state index in [1.165, 1.54) is 0 Å². The highest BCUT2D eigenvalue weighted by atomic mass is 35.5. The van der Waals surface area contributed by atoms with Crippen molar-refractivity contribution in [2.45, 2.75) is 50.2 Å². The Morgan fingerprint density at radius 1 is 1.26 bits per heavy atom. The van der Waals surface area contributed by atoms with Gasteiger partial charge in [-0.3, -0.25) is 0 Å². The van der Waals surface area contributed by atoms with Crippen LogP contribution in [0.3, 0.4) is 0 Å². The fraction of sp³-hybridized carbons (Fsp3) is 0.600. The van der Waals surface area contributed by atoms with Crippen molar-refractivity contribution >= 4 is 23.4 Å². The second-order valence-electron chi connectivity index (χ2n) is 4.46. The van der Waals surface area contributed by atoms with Gasteiger partial charge in [0.05, 0.1) is 16.7 Å². The largest absolute Gasteiger partial charge is 0.389 e. The van der Waals surface area contributed by atoms with Gasteiger partial charge >= 0.3 is 0 Å². The minimum absolute atomic E-state index is 0.441. The minimum Gasteiger partial charge on any atom is -0.389 e. The van der Waals surface area contributed by atoms with Crippen molar-refractivity contribution < 1.29 is 9.84 Å². The Labute approximate surface area is 125 Å². The number of benzene rings is 1. The molecule has 1 rings (SSSR count). The maximum absolute atomic E-state index is 10.5. The van der Waals surface area contributed by atoms with Crippen molar-refractivity contribution in [1.82, 2.24) is 0 Å². The lowest BCUT2D eigenvalue weighted by Crippen LogP contribution is -2.45. The number of aliphatic hydroxyl groups excluding tert-OH is 1. The third-order valence-corrected chi connectivity index (χ3v) is 5.06. The summed E-state index contributed by atoms with van der Waals surface area (Å²) in [6.07, 6.45) is 1.12. The summed E-state index contributed by atoms with van der Waals surface area (Å²) >= 11 is 7.69. The molecule has 0 saturated heterocycles. The van der Waals surface area contributed by atoms with Gasteiger partial charge in [0.1, 0.15) is 0 Å². The Morgan fingerprint density at radius 3 is 2.42 bits per heavy atom. The topological polar surface area (TPSA) is 29.5 Å². The smallest absolute Gasteiger partial charge is 0.0943 e. The van der Waals surface area contributed by atoms with Crippen LogP contribution in [0.5, 0.6) is 0 Å². The quantitative estimate of drug-likeness (QED) is 0.722. The highest BCUT2D eigenvalue weighted by molar-refractivity contribution is 7.99. The molecule has 0 aliphatic rings. The number of hydrogen-bond donors (Lipinski definition) is 1. The van der Waals surface area contributed by atoms with Crippen LogP contribution < -0.4 is 0 Å². The lowest BCUT2D eigenvalue weighted by atomic mass is 9.91. The zero-order valence-electron chi connectivity index (χ0n) is 11.9. The van der Waals surface area contributed by atoms with Crippen molar-refractivity contribution in [3.63, 3.8) is 0 Å². The maximum Gasteiger partial charge on any atom is 0.0943 e. The van der Waals surface area contributed by atoms with Crippen LogP contribution in [0.1, 0.15) is 33.6 Å². The van der Waals surface area contributed by atoms with Gasteiger partial charge in [-0.15, -0.1) is 11.8 Å². The van der Waals surface area contributed by atoms with Gasteiger partial charge in [0.15, 0.2) is 0 Å². The average molecular weight is 303 g/mol. The maximum atomic E-state index is 10.5. The SMILES string of the molecule is CCOC(CC)(CC)C(O)CSc1ccccc1Cl. The fourth-order valence-corrected chi connectivity index (χ4v) is 3.51. The Kier molecular flexibility index (Phi) is 7.22. The van der Waals surface area contributed by atoms with Crippen molar-refractivity contribution in [1.29, 1.82) is 0 Å². The summed E-state index contributed by atoms with van der Waals surface area (Å²) in [7, 11) is 0. The first-order chi connectivity index (χ1) is 9.09. The second-order valence-corrected chi connectivity index (χ2v) is 5.93. The van der Waals surface area contributed by atoms with Crippen LogP contribution in [-0.4, -0.2) is 29.2 Å². The minimum atomic E-state index is -0.497. The highest BCUT2D eigenvalue weighted by Crippen LogP contribution is 2.32. The molecule has 0 aromatic heterocycles. The summed E-state index contributed by atoms with van der Waals surface area (Å²) in [5.41, 5.74) is -0.441. The molecule has 1 aromatic rings. The van der Waals surface area contributed by atoms with Gasteiger partial charge in [-0.25, -0.2) is 0 Å². The van der Waals surface area contributed by atoms with E-state index in [1.54, 1.807) is 11.8 Å². The van der Waals surface area contributed by atoms with Crippen LogP contribution in [0.4, 0.5) is 0 Å². The molecular formula is C15H23ClO2S. The number of hydrogen-bond acceptors (Lipinski definition) is 3. The molecule has 0 aliphatic heterocycles. The first kappa shape index (κ1) is 16.8. The lowest BCUT2D eigenvalue weighted by molar-refractivity contribution is -0.116. The van der Waals surface area contributed by atoms with Crippen LogP contribution in [0.25, 0.3) is 0 Å². The first-order valence-electron chi connectivity index (χ1n) is 6.79. The lowest BCUT2D eigenvalue weighted by Gasteiger charge is -2.36. The molecular weight excluding hydrogens is 280 g/mol. The molecule has 0 heterocycles. The van der Waals surface area contributed by atoms with E-state index in [0.29, 0.717) is 12.4 Å². The molecule has 1 atom stereocenters. The van der Waals surface area contributed by atoms with Crippen LogP contribution >= 0.6 is 23.4 Å². The van der Waals surface area contributed by atoms with Gasteiger partial charge in [-0.05, 0) is 31.9 Å². The standard InChI is InChI=1S/C15H23ClO2S/c1-4-15(5-2,18-6-3)14(17)11-19-13-10-8-7-9-12(13)16/h7-10,14,17H,4-6,11H2,1-3H3. The second kappa shape index (κ2) is 8.15. The average Bonchev–Trinajstić information content (AvgIpc) is 2.43. The Morgan fingerprint density at radius 2 is 1.89 bits per heavy atom. The summed E-state index contributed by atoms with van der Waals surface area (Å²) in [6, 6.07) is 7.70. The van der Waals surface area contributed by atoms with E-state index < -0.39 is 11.7 Å². The van der Waals surface area contributed by atoms with Crippen LogP contribution in [0.15, 0.2) is 29.2 Å². The molecule has 19 heavy (non-hydrogen) atoms. The Balaban J connectivity index is 2.67. The van der Waals surface area contributed by atoms with Crippen LogP contribution in [-0.2, 0) is 4.74 Å². The summed E-state index contributed by atoms with van der Waals surface area (Å²) in [6.45, 7) is 6.70. The van der Waals surface area contributed by atoms with E-state index in [9.17, 15) is 5.11 Å². The normalized spacial score (nSPS) is 13.5. The molecule has 1 N–H and O–H groups in total. The molecule has 2 nitrogen and oxygen atoms in total. The van der Waals surface area contributed by atoms with E-state index in [0.717, 1.165) is 22.8 Å². The van der Waals surface area contributed by atoms with Crippen LogP contribution in [0.2, 0.25) is 5.02 Å². The summed E-state index contributed by atoms with van der Waals surface area (Å²) in [5, 5.41) is 11.2. The molecule has 0 amide bonds. The predicted molar refractivity (Wildman–Crippen MR) is 83.1 cm³/mol. The van der Waals surface area contributed by atoms with E-state index >= 15 is 0 Å². The van der Waals surface area contributed by atoms with E-state index in [2.05, 4.69) is 13.8 Å². The molecule has 0 fully saturated rings. The summed E-state index contributed by atoms with van der Waals surface area (Å²) in [4.78, 5) is 1.00. The molecule has 0 aliphatic carbocycles. The summed E-state index contributed by atoms with van der Waals surface area (Å²) in [5.74, 6) is 0.589. The highest BCUT2D eigenvalue weighted by Gasteiger charge is 2.35. The van der Waals surface area contributed by atoms with Crippen molar-refractivity contribution in [3.8, 4) is 0 Å². The first-order valence-corrected chi connectivity index (χ1v) is 8.15. The van der Waals surface area contributed by atoms with E-state index in [1.807, 2.05) is 31.2 Å². The van der Waals surface area contributed by atoms with E-state index in [4.69, 9.17) is 16.3 Å². The van der Waals surface area contributed by atoms with Crippen molar-refractivity contribution in [3.05, 3.63) is 29.3 Å². The number of rotatable bonds is 8. The van der Waals surface area contributed by atoms with Crippen LogP contribution in [0, 0.1) is 0 Å². The van der Waals surface area contributed by atoms with Gasteiger partial charge in [0, 0.05) is 17.3 Å². The Hall–Kier alpha value is -0.220. The molecule has 1 unspecified atom stereocenters. The number of ether oxygens (including phenoxy) is 1. The molecule has 108 valence electrons. The summed E-state index contributed by atoms with van der Waals surface area (Å²) < 4.78 is 5.81. The van der Waals surface area contributed by atoms with Gasteiger partial charge in [0.2, 0.25) is 0 Å². The Bertz CT molecular complexity index is 380. The molecule has 1 aromatic carbocycles. The number of aliphatic hydroxyl groups is 1. The number of thioether (sulfide) groups is 1. The molecule has 4 heteroatoms. The zero-order valence-corrected chi connectivity index (χ0v) is 13.4. The third-order valence-electron chi connectivity index (χ3n) is 3.47. The van der Waals surface area contributed by atoms with Crippen molar-refractivity contribution in [2.24, 2.45) is 0 Å². The zero-order chi connectivity index (χ0) is 14.3. The van der Waals surface area contributed by atoms with Gasteiger partial charge in [0.25, 0.3) is 0 Å². The predicted octanol–water partition coefficient (Wildman–Crippen LogP) is 4.39.